The van der Waals surface area contributed by atoms with E-state index in [1.165, 1.54) is 22.9 Å². The number of primary amides is 1. The van der Waals surface area contributed by atoms with Gasteiger partial charge in [0.25, 0.3) is 11.5 Å². The Hall–Kier alpha value is -3.95. The lowest BCUT2D eigenvalue weighted by Gasteiger charge is -2.17. The Balaban J connectivity index is 2.01. The first kappa shape index (κ1) is 21.3. The first-order chi connectivity index (χ1) is 15.3. The summed E-state index contributed by atoms with van der Waals surface area (Å²) < 4.78 is 14.5. The molecule has 0 spiro atoms. The number of nitrogens with zero attached hydrogens (tertiary/aromatic N) is 3. The molecule has 3 heterocycles. The quantitative estimate of drug-likeness (QED) is 0.394. The number of carbonyl (C=O) groups excluding carboxylic acids is 1. The molecule has 8 nitrogen and oxygen atoms in total. The van der Waals surface area contributed by atoms with Crippen LogP contribution in [-0.2, 0) is 12.8 Å². The van der Waals surface area contributed by atoms with Gasteiger partial charge in [-0.15, -0.1) is 0 Å². The molecule has 0 saturated carbocycles. The number of aliphatic hydroxyl groups excluding tert-OH is 1. The largest absolute Gasteiger partial charge is 0.368 e. The fraction of sp³-hybridized carbons (Fsp3) is 0.130. The zero-order chi connectivity index (χ0) is 22.8. The maximum Gasteiger partial charge on any atom is 0.268 e. The number of amides is 1. The molecular weight excluding hydrogens is 415 g/mol. The Morgan fingerprint density at radius 1 is 1.12 bits per heavy atom. The smallest absolute Gasteiger partial charge is 0.268 e. The van der Waals surface area contributed by atoms with Gasteiger partial charge in [0.05, 0.1) is 22.9 Å². The van der Waals surface area contributed by atoms with Crippen LogP contribution in [0, 0.1) is 5.82 Å². The van der Waals surface area contributed by atoms with Gasteiger partial charge in [-0.3, -0.25) is 24.1 Å². The molecule has 4 rings (SSSR count). The number of nitrogens with two attached hydrogens (primary N) is 1. The van der Waals surface area contributed by atoms with Gasteiger partial charge in [-0.1, -0.05) is 12.1 Å². The number of hydrogen-bond donors (Lipinski definition) is 3. The maximum atomic E-state index is 13.3. The Kier molecular flexibility index (Phi) is 5.76. The van der Waals surface area contributed by atoms with Crippen LogP contribution in [0.3, 0.4) is 0 Å². The van der Waals surface area contributed by atoms with E-state index >= 15 is 0 Å². The standard InChI is InChI=1S/C23H19FN4O4/c24-15-5-3-13(4-6-15)8-14-9-18-21(27-11-14)17(10-19(29)30)20(22(25)31)23(32)28(18)16-2-1-7-26-12-16/h1-7,9,11-12,19,29-30H,8,10H2,(H2,25,31). The number of aliphatic hydroxyl groups is 2. The van der Waals surface area contributed by atoms with Crippen molar-refractivity contribution >= 4 is 16.9 Å². The van der Waals surface area contributed by atoms with Crippen molar-refractivity contribution in [1.29, 1.82) is 0 Å². The lowest BCUT2D eigenvalue weighted by Crippen LogP contribution is -2.32. The predicted octanol–water partition coefficient (Wildman–Crippen LogP) is 1.46. The van der Waals surface area contributed by atoms with Gasteiger partial charge in [0.1, 0.15) is 11.4 Å². The monoisotopic (exact) mass is 434 g/mol. The van der Waals surface area contributed by atoms with E-state index < -0.39 is 24.2 Å². The van der Waals surface area contributed by atoms with Crippen molar-refractivity contribution in [3.63, 3.8) is 0 Å². The van der Waals surface area contributed by atoms with E-state index in [0.29, 0.717) is 17.6 Å². The number of fused-ring (bicyclic) bond motifs is 1. The highest BCUT2D eigenvalue weighted by Gasteiger charge is 2.24. The lowest BCUT2D eigenvalue weighted by atomic mass is 10.0. The molecule has 0 bridgehead atoms. The summed E-state index contributed by atoms with van der Waals surface area (Å²) in [5, 5.41) is 19.1. The topological polar surface area (TPSA) is 131 Å². The van der Waals surface area contributed by atoms with E-state index in [4.69, 9.17) is 5.73 Å². The van der Waals surface area contributed by atoms with Gasteiger partial charge in [0.2, 0.25) is 0 Å². The lowest BCUT2D eigenvalue weighted by molar-refractivity contribution is -0.0380. The first-order valence-corrected chi connectivity index (χ1v) is 9.72. The Labute approximate surface area is 181 Å². The predicted molar refractivity (Wildman–Crippen MR) is 115 cm³/mol. The molecular formula is C23H19FN4O4. The highest BCUT2D eigenvalue weighted by molar-refractivity contribution is 5.98. The molecule has 4 aromatic rings. The molecule has 3 aromatic heterocycles. The molecule has 0 atom stereocenters. The molecule has 0 aliphatic heterocycles. The van der Waals surface area contributed by atoms with Crippen LogP contribution in [0.1, 0.15) is 27.0 Å². The van der Waals surface area contributed by atoms with Crippen molar-refractivity contribution in [2.45, 2.75) is 19.1 Å². The fourth-order valence-electron chi connectivity index (χ4n) is 3.68. The summed E-state index contributed by atoms with van der Waals surface area (Å²) in [5.41, 5.74) is 7.00. The van der Waals surface area contributed by atoms with E-state index in [9.17, 15) is 24.2 Å². The second-order valence-electron chi connectivity index (χ2n) is 7.27. The summed E-state index contributed by atoms with van der Waals surface area (Å²) in [6.07, 6.45) is 2.76. The van der Waals surface area contributed by atoms with E-state index in [0.717, 1.165) is 11.1 Å². The van der Waals surface area contributed by atoms with Gasteiger partial charge in [-0.2, -0.15) is 0 Å². The number of halogens is 1. The third-order valence-electron chi connectivity index (χ3n) is 5.03. The Morgan fingerprint density at radius 2 is 1.88 bits per heavy atom. The van der Waals surface area contributed by atoms with Crippen molar-refractivity contribution in [3.05, 3.63) is 99.5 Å². The van der Waals surface area contributed by atoms with Crippen molar-refractivity contribution in [2.75, 3.05) is 0 Å². The van der Waals surface area contributed by atoms with Gasteiger partial charge in [-0.25, -0.2) is 4.39 Å². The van der Waals surface area contributed by atoms with Gasteiger partial charge in [0.15, 0.2) is 6.29 Å². The van der Waals surface area contributed by atoms with Crippen molar-refractivity contribution in [2.24, 2.45) is 5.73 Å². The summed E-state index contributed by atoms with van der Waals surface area (Å²) >= 11 is 0. The fourth-order valence-corrected chi connectivity index (χ4v) is 3.68. The summed E-state index contributed by atoms with van der Waals surface area (Å²) in [4.78, 5) is 34.0. The average Bonchev–Trinajstić information content (AvgIpc) is 2.75. The molecule has 1 aromatic carbocycles. The van der Waals surface area contributed by atoms with Crippen molar-refractivity contribution in [1.82, 2.24) is 14.5 Å². The number of benzene rings is 1. The molecule has 0 aliphatic carbocycles. The molecule has 32 heavy (non-hydrogen) atoms. The van der Waals surface area contributed by atoms with Crippen LogP contribution in [0.15, 0.2) is 65.8 Å². The summed E-state index contributed by atoms with van der Waals surface area (Å²) in [7, 11) is 0. The van der Waals surface area contributed by atoms with Crippen molar-refractivity contribution < 1.29 is 19.4 Å². The molecule has 4 N–H and O–H groups in total. The van der Waals surface area contributed by atoms with Crippen LogP contribution >= 0.6 is 0 Å². The minimum atomic E-state index is -1.81. The van der Waals surface area contributed by atoms with Gasteiger partial charge < -0.3 is 15.9 Å². The summed E-state index contributed by atoms with van der Waals surface area (Å²) in [6.45, 7) is 0. The van der Waals surface area contributed by atoms with Crippen LogP contribution in [0.5, 0.6) is 0 Å². The highest BCUT2D eigenvalue weighted by atomic mass is 19.1. The van der Waals surface area contributed by atoms with E-state index in [1.54, 1.807) is 42.7 Å². The van der Waals surface area contributed by atoms with Crippen LogP contribution in [0.2, 0.25) is 0 Å². The number of aromatic nitrogens is 3. The van der Waals surface area contributed by atoms with Crippen LogP contribution in [0.4, 0.5) is 4.39 Å². The summed E-state index contributed by atoms with van der Waals surface area (Å²) in [6, 6.07) is 11.0. The zero-order valence-corrected chi connectivity index (χ0v) is 16.8. The second kappa shape index (κ2) is 8.66. The molecule has 0 radical (unpaired) electrons. The van der Waals surface area contributed by atoms with Gasteiger partial charge in [-0.05, 0) is 47.9 Å². The molecule has 9 heteroatoms. The van der Waals surface area contributed by atoms with Crippen LogP contribution < -0.4 is 11.3 Å². The SMILES string of the molecule is NC(=O)c1c(CC(O)O)c2ncc(Cc3ccc(F)cc3)cc2n(-c2cccnc2)c1=O. The van der Waals surface area contributed by atoms with Gasteiger partial charge >= 0.3 is 0 Å². The second-order valence-corrected chi connectivity index (χ2v) is 7.27. The highest BCUT2D eigenvalue weighted by Crippen LogP contribution is 2.24. The molecule has 0 fully saturated rings. The van der Waals surface area contributed by atoms with E-state index in [1.807, 2.05) is 0 Å². The number of rotatable bonds is 6. The minimum absolute atomic E-state index is 0.0565. The maximum absolute atomic E-state index is 13.3. The molecule has 1 amide bonds. The van der Waals surface area contributed by atoms with E-state index in [-0.39, 0.29) is 22.5 Å². The molecule has 162 valence electrons. The van der Waals surface area contributed by atoms with Crippen molar-refractivity contribution in [3.8, 4) is 5.69 Å². The zero-order valence-electron chi connectivity index (χ0n) is 16.8. The Bertz CT molecular complexity index is 1350. The third-order valence-corrected chi connectivity index (χ3v) is 5.03. The van der Waals surface area contributed by atoms with Crippen LogP contribution in [0.25, 0.3) is 16.7 Å². The summed E-state index contributed by atoms with van der Waals surface area (Å²) in [5.74, 6) is -1.34. The normalized spacial score (nSPS) is 11.2. The molecule has 0 saturated heterocycles. The third kappa shape index (κ3) is 4.11. The minimum Gasteiger partial charge on any atom is -0.368 e. The number of hydrogen-bond acceptors (Lipinski definition) is 6. The first-order valence-electron chi connectivity index (χ1n) is 9.72. The Morgan fingerprint density at radius 3 is 2.50 bits per heavy atom. The average molecular weight is 434 g/mol. The number of carbonyl (C=O) groups is 1. The molecule has 0 aliphatic rings. The molecule has 0 unspecified atom stereocenters. The number of pyridine rings is 3. The van der Waals surface area contributed by atoms with Gasteiger partial charge in [0, 0.05) is 24.4 Å². The van der Waals surface area contributed by atoms with E-state index in [2.05, 4.69) is 9.97 Å². The van der Waals surface area contributed by atoms with Crippen LogP contribution in [-0.4, -0.2) is 36.9 Å².